The minimum Gasteiger partial charge on any atom is -0.463 e. The van der Waals surface area contributed by atoms with Crippen molar-refractivity contribution < 1.29 is 4.74 Å². The third kappa shape index (κ3) is 3.70. The summed E-state index contributed by atoms with van der Waals surface area (Å²) in [5.74, 6) is 0.490. The lowest BCUT2D eigenvalue weighted by molar-refractivity contribution is 0.291. The summed E-state index contributed by atoms with van der Waals surface area (Å²) in [6, 6.07) is 0.287. The van der Waals surface area contributed by atoms with E-state index in [1.165, 1.54) is 12.8 Å². The number of ether oxygens (including phenoxy) is 1. The second-order valence-corrected chi connectivity index (χ2v) is 5.06. The van der Waals surface area contributed by atoms with Gasteiger partial charge in [-0.05, 0) is 36.3 Å². The molecule has 0 aliphatic heterocycles. The molecule has 1 fully saturated rings. The van der Waals surface area contributed by atoms with Crippen LogP contribution in [0.2, 0.25) is 5.28 Å². The predicted octanol–water partition coefficient (Wildman–Crippen LogP) is 2.53. The molecule has 0 aromatic carbocycles. The van der Waals surface area contributed by atoms with Crippen LogP contribution < -0.4 is 10.1 Å². The van der Waals surface area contributed by atoms with Crippen LogP contribution in [-0.4, -0.2) is 28.1 Å². The first-order valence-corrected chi connectivity index (χ1v) is 6.27. The molecule has 0 atom stereocenters. The van der Waals surface area contributed by atoms with E-state index in [-0.39, 0.29) is 11.3 Å². The lowest BCUT2D eigenvalue weighted by atomic mass is 10.1. The Kier molecular flexibility index (Phi) is 3.66. The van der Waals surface area contributed by atoms with Crippen molar-refractivity contribution in [3.63, 3.8) is 0 Å². The Morgan fingerprint density at radius 1 is 1.35 bits per heavy atom. The molecule has 0 amide bonds. The van der Waals surface area contributed by atoms with Crippen molar-refractivity contribution in [3.8, 4) is 6.01 Å². The number of halogens is 1. The molecular weight excluding hydrogens is 240 g/mol. The Hall–Kier alpha value is -1.10. The Morgan fingerprint density at radius 3 is 2.76 bits per heavy atom. The van der Waals surface area contributed by atoms with Gasteiger partial charge in [-0.1, -0.05) is 13.8 Å². The summed E-state index contributed by atoms with van der Waals surface area (Å²) in [6.07, 6.45) is 3.40. The molecule has 1 N–H and O–H groups in total. The van der Waals surface area contributed by atoms with Gasteiger partial charge in [-0.3, -0.25) is 0 Å². The summed E-state index contributed by atoms with van der Waals surface area (Å²) in [7, 11) is 0. The van der Waals surface area contributed by atoms with Crippen LogP contribution in [0.4, 0.5) is 5.95 Å². The maximum atomic E-state index is 5.81. The molecule has 1 aromatic rings. The van der Waals surface area contributed by atoms with Crippen molar-refractivity contribution in [2.75, 3.05) is 18.5 Å². The van der Waals surface area contributed by atoms with Crippen LogP contribution in [0.15, 0.2) is 0 Å². The van der Waals surface area contributed by atoms with E-state index in [9.17, 15) is 0 Å². The molecule has 0 bridgehead atoms. The molecule has 0 radical (unpaired) electrons. The van der Waals surface area contributed by atoms with Crippen LogP contribution in [-0.2, 0) is 0 Å². The van der Waals surface area contributed by atoms with E-state index in [4.69, 9.17) is 16.3 Å². The summed E-state index contributed by atoms with van der Waals surface area (Å²) in [5.41, 5.74) is 0.392. The van der Waals surface area contributed by atoms with Gasteiger partial charge in [0, 0.05) is 6.54 Å². The molecule has 1 aromatic heterocycles. The first-order chi connectivity index (χ1) is 8.11. The monoisotopic (exact) mass is 256 g/mol. The Morgan fingerprint density at radius 2 is 2.12 bits per heavy atom. The lowest BCUT2D eigenvalue weighted by Crippen LogP contribution is -2.14. The largest absolute Gasteiger partial charge is 0.463 e. The smallest absolute Gasteiger partial charge is 0.322 e. The number of nitrogens with zero attached hydrogens (tertiary/aromatic N) is 3. The quantitative estimate of drug-likeness (QED) is 0.848. The average Bonchev–Trinajstić information content (AvgIpc) is 3.02. The minimum absolute atomic E-state index is 0.162. The zero-order chi connectivity index (χ0) is 12.3. The van der Waals surface area contributed by atoms with Crippen molar-refractivity contribution in [1.82, 2.24) is 15.0 Å². The minimum atomic E-state index is 0.162. The van der Waals surface area contributed by atoms with Gasteiger partial charge in [0.15, 0.2) is 0 Å². The standard InChI is InChI=1S/C11H17ClN4O/c1-3-6-17-10-15-8(12)14-9(16-10)13-7-11(2)4-5-11/h3-7H2,1-2H3,(H,13,14,15,16). The average molecular weight is 257 g/mol. The first kappa shape index (κ1) is 12.4. The highest BCUT2D eigenvalue weighted by Gasteiger charge is 2.37. The third-order valence-corrected chi connectivity index (χ3v) is 2.97. The molecule has 1 saturated carbocycles. The first-order valence-electron chi connectivity index (χ1n) is 5.89. The molecule has 1 aliphatic rings. The van der Waals surface area contributed by atoms with Crippen LogP contribution in [0.3, 0.4) is 0 Å². The van der Waals surface area contributed by atoms with Crippen molar-refractivity contribution in [2.24, 2.45) is 5.41 Å². The topological polar surface area (TPSA) is 59.9 Å². The van der Waals surface area contributed by atoms with Gasteiger partial charge >= 0.3 is 6.01 Å². The molecular formula is C11H17ClN4O. The molecule has 17 heavy (non-hydrogen) atoms. The summed E-state index contributed by atoms with van der Waals surface area (Å²) in [5, 5.41) is 3.34. The number of hydrogen-bond donors (Lipinski definition) is 1. The van der Waals surface area contributed by atoms with Gasteiger partial charge < -0.3 is 10.1 Å². The maximum Gasteiger partial charge on any atom is 0.322 e. The van der Waals surface area contributed by atoms with Crippen LogP contribution in [0, 0.1) is 5.41 Å². The highest BCUT2D eigenvalue weighted by Crippen LogP contribution is 2.44. The van der Waals surface area contributed by atoms with Crippen molar-refractivity contribution in [3.05, 3.63) is 5.28 Å². The van der Waals surface area contributed by atoms with Crippen LogP contribution in [0.5, 0.6) is 6.01 Å². The summed E-state index contributed by atoms with van der Waals surface area (Å²) in [6.45, 7) is 5.70. The number of rotatable bonds is 6. The van der Waals surface area contributed by atoms with E-state index in [1.807, 2.05) is 6.92 Å². The van der Waals surface area contributed by atoms with E-state index in [0.717, 1.165) is 13.0 Å². The van der Waals surface area contributed by atoms with Crippen LogP contribution in [0.25, 0.3) is 0 Å². The summed E-state index contributed by atoms with van der Waals surface area (Å²) in [4.78, 5) is 12.1. The van der Waals surface area contributed by atoms with Crippen LogP contribution >= 0.6 is 11.6 Å². The normalized spacial score (nSPS) is 16.6. The Bertz CT molecular complexity index is 395. The maximum absolute atomic E-state index is 5.81. The molecule has 6 heteroatoms. The van der Waals surface area contributed by atoms with Gasteiger partial charge in [-0.2, -0.15) is 15.0 Å². The molecule has 0 spiro atoms. The van der Waals surface area contributed by atoms with Gasteiger partial charge in [-0.15, -0.1) is 0 Å². The van der Waals surface area contributed by atoms with Gasteiger partial charge in [0.05, 0.1) is 6.61 Å². The molecule has 1 heterocycles. The molecule has 94 valence electrons. The van der Waals surface area contributed by atoms with Gasteiger partial charge in [0.1, 0.15) is 0 Å². The highest BCUT2D eigenvalue weighted by molar-refractivity contribution is 6.28. The van der Waals surface area contributed by atoms with Crippen molar-refractivity contribution >= 4 is 17.5 Å². The Labute approximate surface area is 106 Å². The third-order valence-electron chi connectivity index (χ3n) is 2.80. The van der Waals surface area contributed by atoms with E-state index in [1.54, 1.807) is 0 Å². The summed E-state index contributed by atoms with van der Waals surface area (Å²) < 4.78 is 5.34. The number of hydrogen-bond acceptors (Lipinski definition) is 5. The highest BCUT2D eigenvalue weighted by atomic mass is 35.5. The SMILES string of the molecule is CCCOc1nc(Cl)nc(NCC2(C)CC2)n1. The molecule has 2 rings (SSSR count). The lowest BCUT2D eigenvalue weighted by Gasteiger charge is -2.10. The van der Waals surface area contributed by atoms with E-state index < -0.39 is 0 Å². The van der Waals surface area contributed by atoms with Gasteiger partial charge in [-0.25, -0.2) is 0 Å². The summed E-state index contributed by atoms with van der Waals surface area (Å²) >= 11 is 5.81. The number of aromatic nitrogens is 3. The van der Waals surface area contributed by atoms with E-state index in [0.29, 0.717) is 18.0 Å². The fourth-order valence-electron chi connectivity index (χ4n) is 1.35. The predicted molar refractivity (Wildman–Crippen MR) is 66.5 cm³/mol. The Balaban J connectivity index is 1.97. The van der Waals surface area contributed by atoms with Gasteiger partial charge in [0.2, 0.25) is 11.2 Å². The second kappa shape index (κ2) is 5.04. The molecule has 0 unspecified atom stereocenters. The number of nitrogens with one attached hydrogen (secondary N) is 1. The molecule has 1 aliphatic carbocycles. The zero-order valence-electron chi connectivity index (χ0n) is 10.2. The van der Waals surface area contributed by atoms with E-state index in [2.05, 4.69) is 27.2 Å². The van der Waals surface area contributed by atoms with Gasteiger partial charge in [0.25, 0.3) is 0 Å². The molecule has 5 nitrogen and oxygen atoms in total. The second-order valence-electron chi connectivity index (χ2n) is 4.72. The van der Waals surface area contributed by atoms with Crippen LogP contribution in [0.1, 0.15) is 33.1 Å². The van der Waals surface area contributed by atoms with E-state index >= 15 is 0 Å². The molecule has 0 saturated heterocycles. The fraction of sp³-hybridized carbons (Fsp3) is 0.727. The fourth-order valence-corrected chi connectivity index (χ4v) is 1.50. The number of anilines is 1. The van der Waals surface area contributed by atoms with Crippen molar-refractivity contribution in [1.29, 1.82) is 0 Å². The van der Waals surface area contributed by atoms with Crippen molar-refractivity contribution in [2.45, 2.75) is 33.1 Å². The zero-order valence-corrected chi connectivity index (χ0v) is 10.9.